The van der Waals surface area contributed by atoms with Crippen molar-refractivity contribution in [2.24, 2.45) is 0 Å². The number of H-pyrrole nitrogens is 1. The molecule has 0 unspecified atom stereocenters. The molecule has 0 aliphatic carbocycles. The molecule has 0 fully saturated rings. The molecule has 0 saturated heterocycles. The van der Waals surface area contributed by atoms with Crippen LogP contribution in [-0.2, 0) is 11.2 Å². The lowest BCUT2D eigenvalue weighted by atomic mass is 10.1. The summed E-state index contributed by atoms with van der Waals surface area (Å²) >= 11 is 6.10. The molecule has 0 aliphatic heterocycles. The summed E-state index contributed by atoms with van der Waals surface area (Å²) in [5.41, 5.74) is 3.99. The van der Waals surface area contributed by atoms with Crippen molar-refractivity contribution in [3.8, 4) is 5.75 Å². The summed E-state index contributed by atoms with van der Waals surface area (Å²) in [6, 6.07) is 11.8. The molecule has 0 saturated carbocycles. The third-order valence-corrected chi connectivity index (χ3v) is 4.72. The lowest BCUT2D eigenvalue weighted by Crippen LogP contribution is -2.31. The molecule has 3 N–H and O–H groups in total. The Balaban J connectivity index is 1.51. The van der Waals surface area contributed by atoms with E-state index in [1.165, 1.54) is 10.9 Å². The van der Waals surface area contributed by atoms with Crippen molar-refractivity contribution in [2.75, 3.05) is 25.5 Å². The highest BCUT2D eigenvalue weighted by Crippen LogP contribution is 2.30. The maximum Gasteiger partial charge on any atom is 0.239 e. The molecule has 2 aromatic carbocycles. The zero-order chi connectivity index (χ0) is 18.5. The van der Waals surface area contributed by atoms with Crippen LogP contribution < -0.4 is 15.4 Å². The van der Waals surface area contributed by atoms with Crippen molar-refractivity contribution in [2.45, 2.75) is 13.3 Å². The molecular formula is C20H22ClN3O2. The van der Waals surface area contributed by atoms with Gasteiger partial charge < -0.3 is 20.4 Å². The number of ether oxygens (including phenoxy) is 1. The molecule has 5 nitrogen and oxygen atoms in total. The molecule has 1 amide bonds. The van der Waals surface area contributed by atoms with Gasteiger partial charge in [-0.2, -0.15) is 0 Å². The van der Waals surface area contributed by atoms with E-state index in [2.05, 4.69) is 21.7 Å². The summed E-state index contributed by atoms with van der Waals surface area (Å²) < 4.78 is 5.30. The van der Waals surface area contributed by atoms with Crippen LogP contribution in [0.1, 0.15) is 11.1 Å². The number of aromatic amines is 1. The van der Waals surface area contributed by atoms with Crippen LogP contribution in [0.5, 0.6) is 5.75 Å². The lowest BCUT2D eigenvalue weighted by molar-refractivity contribution is -0.119. The van der Waals surface area contributed by atoms with E-state index in [4.69, 9.17) is 16.3 Å². The zero-order valence-electron chi connectivity index (χ0n) is 14.9. The molecule has 1 aromatic heterocycles. The van der Waals surface area contributed by atoms with Gasteiger partial charge in [-0.1, -0.05) is 29.8 Å². The highest BCUT2D eigenvalue weighted by Gasteiger charge is 2.09. The lowest BCUT2D eigenvalue weighted by Gasteiger charge is -2.13. The minimum absolute atomic E-state index is 0.0699. The Kier molecular flexibility index (Phi) is 5.68. The van der Waals surface area contributed by atoms with E-state index >= 15 is 0 Å². The average Bonchev–Trinajstić information content (AvgIpc) is 3.05. The van der Waals surface area contributed by atoms with Crippen LogP contribution >= 0.6 is 11.6 Å². The van der Waals surface area contributed by atoms with Gasteiger partial charge in [0.15, 0.2) is 0 Å². The smallest absolute Gasteiger partial charge is 0.239 e. The summed E-state index contributed by atoms with van der Waals surface area (Å²) in [5, 5.41) is 7.87. The minimum atomic E-state index is -0.0699. The Morgan fingerprint density at radius 3 is 2.88 bits per heavy atom. The molecule has 3 aromatic rings. The van der Waals surface area contributed by atoms with Crippen molar-refractivity contribution in [3.63, 3.8) is 0 Å². The number of carbonyl (C=O) groups is 1. The fraction of sp³-hybridized carbons (Fsp3) is 0.250. The number of benzene rings is 2. The van der Waals surface area contributed by atoms with Crippen LogP contribution in [0.4, 0.5) is 5.69 Å². The monoisotopic (exact) mass is 371 g/mol. The summed E-state index contributed by atoms with van der Waals surface area (Å²) in [6.45, 7) is 2.67. The topological polar surface area (TPSA) is 66.2 Å². The van der Waals surface area contributed by atoms with Crippen LogP contribution in [-0.4, -0.2) is 31.1 Å². The van der Waals surface area contributed by atoms with E-state index < -0.39 is 0 Å². The number of rotatable bonds is 7. The van der Waals surface area contributed by atoms with Crippen molar-refractivity contribution in [3.05, 3.63) is 58.7 Å². The Morgan fingerprint density at radius 1 is 1.27 bits per heavy atom. The fourth-order valence-corrected chi connectivity index (χ4v) is 3.04. The van der Waals surface area contributed by atoms with Gasteiger partial charge >= 0.3 is 0 Å². The van der Waals surface area contributed by atoms with Gasteiger partial charge in [0.2, 0.25) is 5.91 Å². The normalized spacial score (nSPS) is 10.7. The van der Waals surface area contributed by atoms with E-state index in [-0.39, 0.29) is 12.5 Å². The number of fused-ring (bicyclic) bond motifs is 1. The summed E-state index contributed by atoms with van der Waals surface area (Å²) in [5.74, 6) is 0.548. The van der Waals surface area contributed by atoms with Crippen LogP contribution in [0.3, 0.4) is 0 Å². The number of hydrogen-bond donors (Lipinski definition) is 3. The first-order valence-corrected chi connectivity index (χ1v) is 8.86. The molecular weight excluding hydrogens is 350 g/mol. The van der Waals surface area contributed by atoms with Gasteiger partial charge in [0.25, 0.3) is 0 Å². The van der Waals surface area contributed by atoms with Crippen molar-refractivity contribution < 1.29 is 9.53 Å². The van der Waals surface area contributed by atoms with Gasteiger partial charge in [-0.05, 0) is 36.6 Å². The first-order chi connectivity index (χ1) is 12.6. The number of anilines is 1. The Labute approximate surface area is 157 Å². The molecule has 0 bridgehead atoms. The standard InChI is InChI=1S/C20H22ClN3O2/c1-13-9-18(19(26-2)10-16(13)21)24-12-20(25)22-8-7-14-11-23-17-6-4-3-5-15(14)17/h3-6,9-11,23-24H,7-8,12H2,1-2H3,(H,22,25). The third kappa shape index (κ3) is 4.11. The second kappa shape index (κ2) is 8.15. The number of nitrogens with one attached hydrogen (secondary N) is 3. The molecule has 136 valence electrons. The highest BCUT2D eigenvalue weighted by molar-refractivity contribution is 6.31. The van der Waals surface area contributed by atoms with E-state index in [1.807, 2.05) is 37.4 Å². The summed E-state index contributed by atoms with van der Waals surface area (Å²) in [4.78, 5) is 15.4. The van der Waals surface area contributed by atoms with Crippen molar-refractivity contribution in [1.82, 2.24) is 10.3 Å². The number of aryl methyl sites for hydroxylation is 1. The first-order valence-electron chi connectivity index (χ1n) is 8.48. The number of methoxy groups -OCH3 is 1. The quantitative estimate of drug-likeness (QED) is 0.590. The largest absolute Gasteiger partial charge is 0.495 e. The Bertz CT molecular complexity index is 921. The molecule has 26 heavy (non-hydrogen) atoms. The second-order valence-electron chi connectivity index (χ2n) is 6.11. The van der Waals surface area contributed by atoms with Crippen LogP contribution in [0.15, 0.2) is 42.6 Å². The number of carbonyl (C=O) groups excluding carboxylic acids is 1. The predicted molar refractivity (Wildman–Crippen MR) is 106 cm³/mol. The SMILES string of the molecule is COc1cc(Cl)c(C)cc1NCC(=O)NCCc1c[nH]c2ccccc12. The molecule has 1 heterocycles. The predicted octanol–water partition coefficient (Wildman–Crippen LogP) is 3.91. The fourth-order valence-electron chi connectivity index (χ4n) is 2.88. The van der Waals surface area contributed by atoms with E-state index in [1.54, 1.807) is 13.2 Å². The van der Waals surface area contributed by atoms with Gasteiger partial charge in [0.1, 0.15) is 5.75 Å². The van der Waals surface area contributed by atoms with Crippen LogP contribution in [0.2, 0.25) is 5.02 Å². The minimum Gasteiger partial charge on any atom is -0.495 e. The number of halogens is 1. The Morgan fingerprint density at radius 2 is 2.08 bits per heavy atom. The van der Waals surface area contributed by atoms with Gasteiger partial charge in [0, 0.05) is 34.7 Å². The van der Waals surface area contributed by atoms with Crippen LogP contribution in [0.25, 0.3) is 10.9 Å². The van der Waals surface area contributed by atoms with Crippen LogP contribution in [0, 0.1) is 6.92 Å². The maximum atomic E-state index is 12.1. The summed E-state index contributed by atoms with van der Waals surface area (Å²) in [7, 11) is 1.58. The van der Waals surface area contributed by atoms with E-state index in [0.29, 0.717) is 17.3 Å². The number of hydrogen-bond acceptors (Lipinski definition) is 3. The number of amides is 1. The molecule has 0 radical (unpaired) electrons. The highest BCUT2D eigenvalue weighted by atomic mass is 35.5. The van der Waals surface area contributed by atoms with E-state index in [9.17, 15) is 4.79 Å². The third-order valence-electron chi connectivity index (χ3n) is 4.31. The summed E-state index contributed by atoms with van der Waals surface area (Å²) in [6.07, 6.45) is 2.77. The van der Waals surface area contributed by atoms with E-state index in [0.717, 1.165) is 23.2 Å². The van der Waals surface area contributed by atoms with Gasteiger partial charge in [-0.3, -0.25) is 4.79 Å². The molecule has 0 spiro atoms. The Hall–Kier alpha value is -2.66. The first kappa shape index (κ1) is 18.1. The number of para-hydroxylation sites is 1. The van der Waals surface area contributed by atoms with Crippen molar-refractivity contribution >= 4 is 34.1 Å². The molecule has 6 heteroatoms. The molecule has 0 aliphatic rings. The molecule has 3 rings (SSSR count). The van der Waals surface area contributed by atoms with Crippen molar-refractivity contribution in [1.29, 1.82) is 0 Å². The zero-order valence-corrected chi connectivity index (χ0v) is 15.6. The number of aromatic nitrogens is 1. The van der Waals surface area contributed by atoms with Gasteiger partial charge in [-0.15, -0.1) is 0 Å². The van der Waals surface area contributed by atoms with Gasteiger partial charge in [0.05, 0.1) is 19.3 Å². The van der Waals surface area contributed by atoms with Gasteiger partial charge in [-0.25, -0.2) is 0 Å². The average molecular weight is 372 g/mol. The maximum absolute atomic E-state index is 12.1. The molecule has 0 atom stereocenters. The second-order valence-corrected chi connectivity index (χ2v) is 6.52.